The lowest BCUT2D eigenvalue weighted by atomic mass is 9.80. The van der Waals surface area contributed by atoms with Crippen LogP contribution in [0.5, 0.6) is 0 Å². The third kappa shape index (κ3) is 3.19. The molecule has 114 valence electrons. The Morgan fingerprint density at radius 1 is 1.50 bits per heavy atom. The molecule has 5 heteroatoms. The molecule has 4 unspecified atom stereocenters. The van der Waals surface area contributed by atoms with Crippen LogP contribution in [0.25, 0.3) is 0 Å². The predicted octanol–water partition coefficient (Wildman–Crippen LogP) is 1.88. The lowest BCUT2D eigenvalue weighted by Gasteiger charge is -2.33. The van der Waals surface area contributed by atoms with Crippen molar-refractivity contribution < 1.29 is 9.59 Å². The highest BCUT2D eigenvalue weighted by molar-refractivity contribution is 8.14. The van der Waals surface area contributed by atoms with Crippen LogP contribution in [0.1, 0.15) is 40.5 Å². The van der Waals surface area contributed by atoms with Gasteiger partial charge in [-0.3, -0.25) is 9.59 Å². The van der Waals surface area contributed by atoms with Crippen LogP contribution in [0.15, 0.2) is 0 Å². The Labute approximate surface area is 125 Å². The molecule has 0 bridgehead atoms. The number of nitrogens with zero attached hydrogens (tertiary/aromatic N) is 1. The minimum Gasteiger partial charge on any atom is -0.341 e. The van der Waals surface area contributed by atoms with E-state index in [4.69, 9.17) is 5.73 Å². The van der Waals surface area contributed by atoms with E-state index in [0.717, 1.165) is 13.0 Å². The molecule has 0 radical (unpaired) electrons. The zero-order valence-corrected chi connectivity index (χ0v) is 13.7. The van der Waals surface area contributed by atoms with Gasteiger partial charge in [0.05, 0.1) is 0 Å². The van der Waals surface area contributed by atoms with Crippen molar-refractivity contribution in [3.8, 4) is 0 Å². The fourth-order valence-corrected chi connectivity index (χ4v) is 4.82. The molecule has 1 heterocycles. The highest BCUT2D eigenvalue weighted by Crippen LogP contribution is 2.45. The largest absolute Gasteiger partial charge is 0.341 e. The van der Waals surface area contributed by atoms with Crippen LogP contribution in [0, 0.1) is 17.3 Å². The zero-order valence-electron chi connectivity index (χ0n) is 12.9. The first kappa shape index (κ1) is 15.8. The van der Waals surface area contributed by atoms with Crippen molar-refractivity contribution >= 4 is 22.8 Å². The molecule has 4 nitrogen and oxygen atoms in total. The van der Waals surface area contributed by atoms with Gasteiger partial charge in [-0.2, -0.15) is 0 Å². The standard InChI is InChI=1S/C15H26N2O2S/c1-9-6-15(3,4)12(14(9)16)8-17-7-11(5-13(17)19)20-10(2)18/h9,11-12,14H,5-8,16H2,1-4H3. The molecule has 1 amide bonds. The maximum absolute atomic E-state index is 12.1. The number of hydrogen-bond donors (Lipinski definition) is 1. The van der Waals surface area contributed by atoms with Crippen molar-refractivity contribution in [1.29, 1.82) is 0 Å². The first-order chi connectivity index (χ1) is 9.20. The number of rotatable bonds is 3. The van der Waals surface area contributed by atoms with E-state index in [0.29, 0.717) is 24.8 Å². The van der Waals surface area contributed by atoms with E-state index in [1.807, 2.05) is 4.90 Å². The molecule has 2 fully saturated rings. The van der Waals surface area contributed by atoms with Crippen LogP contribution in [-0.2, 0) is 9.59 Å². The quantitative estimate of drug-likeness (QED) is 0.864. The molecule has 2 N–H and O–H groups in total. The highest BCUT2D eigenvalue weighted by Gasteiger charge is 2.46. The van der Waals surface area contributed by atoms with Crippen LogP contribution < -0.4 is 5.73 Å². The summed E-state index contributed by atoms with van der Waals surface area (Å²) in [6.07, 6.45) is 1.61. The Bertz CT molecular complexity index is 411. The zero-order chi connectivity index (χ0) is 15.1. The number of amides is 1. The summed E-state index contributed by atoms with van der Waals surface area (Å²) in [5, 5.41) is 0.217. The second-order valence-electron chi connectivity index (χ2n) is 7.09. The minimum absolute atomic E-state index is 0.0937. The van der Waals surface area contributed by atoms with Gasteiger partial charge in [0.1, 0.15) is 0 Å². The molecule has 0 aromatic carbocycles. The highest BCUT2D eigenvalue weighted by atomic mass is 32.2. The summed E-state index contributed by atoms with van der Waals surface area (Å²) in [6, 6.07) is 0.164. The van der Waals surface area contributed by atoms with Gasteiger partial charge in [-0.1, -0.05) is 32.5 Å². The molecule has 2 rings (SSSR count). The number of carbonyl (C=O) groups excluding carboxylic acids is 2. The van der Waals surface area contributed by atoms with Crippen molar-refractivity contribution in [2.45, 2.75) is 51.8 Å². The Hall–Kier alpha value is -0.550. The van der Waals surface area contributed by atoms with E-state index in [-0.39, 0.29) is 27.7 Å². The molecular formula is C15H26N2O2S. The molecule has 4 atom stereocenters. The first-order valence-corrected chi connectivity index (χ1v) is 8.29. The Balaban J connectivity index is 2.00. The number of hydrogen-bond acceptors (Lipinski definition) is 4. The van der Waals surface area contributed by atoms with Crippen LogP contribution in [0.2, 0.25) is 0 Å². The lowest BCUT2D eigenvalue weighted by Crippen LogP contribution is -2.43. The van der Waals surface area contributed by atoms with Crippen molar-refractivity contribution in [3.63, 3.8) is 0 Å². The average Bonchev–Trinajstić information content (AvgIpc) is 2.71. The van der Waals surface area contributed by atoms with Crippen LogP contribution >= 0.6 is 11.8 Å². The second kappa shape index (κ2) is 5.68. The summed E-state index contributed by atoms with van der Waals surface area (Å²) in [4.78, 5) is 25.2. The SMILES string of the molecule is CC(=O)SC1CC(=O)N(CC2C(N)C(C)CC2(C)C)C1. The maximum Gasteiger partial charge on any atom is 0.223 e. The van der Waals surface area contributed by atoms with Crippen molar-refractivity contribution in [1.82, 2.24) is 4.90 Å². The van der Waals surface area contributed by atoms with Crippen LogP contribution in [-0.4, -0.2) is 40.3 Å². The molecule has 0 aromatic heterocycles. The summed E-state index contributed by atoms with van der Waals surface area (Å²) < 4.78 is 0. The molecule has 20 heavy (non-hydrogen) atoms. The van der Waals surface area contributed by atoms with E-state index < -0.39 is 0 Å². The van der Waals surface area contributed by atoms with E-state index in [2.05, 4.69) is 20.8 Å². The van der Waals surface area contributed by atoms with E-state index in [1.165, 1.54) is 11.8 Å². The van der Waals surface area contributed by atoms with E-state index >= 15 is 0 Å². The Kier molecular flexibility index (Phi) is 4.50. The normalized spacial score (nSPS) is 36.6. The van der Waals surface area contributed by atoms with Gasteiger partial charge in [0.25, 0.3) is 0 Å². The summed E-state index contributed by atoms with van der Waals surface area (Å²) in [5.74, 6) is 1.03. The maximum atomic E-state index is 12.1. The van der Waals surface area contributed by atoms with Gasteiger partial charge >= 0.3 is 0 Å². The summed E-state index contributed by atoms with van der Waals surface area (Å²) >= 11 is 1.30. The van der Waals surface area contributed by atoms with Gasteiger partial charge in [0.2, 0.25) is 5.91 Å². The van der Waals surface area contributed by atoms with E-state index in [1.54, 1.807) is 6.92 Å². The predicted molar refractivity (Wildman–Crippen MR) is 82.3 cm³/mol. The third-order valence-electron chi connectivity index (χ3n) is 4.90. The molecular weight excluding hydrogens is 272 g/mol. The lowest BCUT2D eigenvalue weighted by molar-refractivity contribution is -0.128. The Morgan fingerprint density at radius 2 is 2.15 bits per heavy atom. The fraction of sp³-hybridized carbons (Fsp3) is 0.867. The topological polar surface area (TPSA) is 63.4 Å². The molecule has 0 aromatic rings. The number of thioether (sulfide) groups is 1. The van der Waals surface area contributed by atoms with Gasteiger partial charge in [-0.15, -0.1) is 0 Å². The van der Waals surface area contributed by atoms with Crippen LogP contribution in [0.3, 0.4) is 0 Å². The average molecular weight is 298 g/mol. The molecule has 0 spiro atoms. The molecule has 1 aliphatic carbocycles. The van der Waals surface area contributed by atoms with Crippen LogP contribution in [0.4, 0.5) is 0 Å². The number of likely N-dealkylation sites (tertiary alicyclic amines) is 1. The third-order valence-corrected chi connectivity index (χ3v) is 5.88. The number of carbonyl (C=O) groups is 2. The smallest absolute Gasteiger partial charge is 0.223 e. The number of nitrogens with two attached hydrogens (primary N) is 1. The van der Waals surface area contributed by atoms with Gasteiger partial charge in [0, 0.05) is 37.7 Å². The summed E-state index contributed by atoms with van der Waals surface area (Å²) in [6.45, 7) is 9.71. The second-order valence-corrected chi connectivity index (χ2v) is 8.57. The summed E-state index contributed by atoms with van der Waals surface area (Å²) in [7, 11) is 0. The first-order valence-electron chi connectivity index (χ1n) is 7.41. The van der Waals surface area contributed by atoms with Crippen molar-refractivity contribution in [3.05, 3.63) is 0 Å². The van der Waals surface area contributed by atoms with Gasteiger partial charge < -0.3 is 10.6 Å². The van der Waals surface area contributed by atoms with Gasteiger partial charge in [-0.25, -0.2) is 0 Å². The molecule has 1 saturated carbocycles. The van der Waals surface area contributed by atoms with Gasteiger partial charge in [0.15, 0.2) is 5.12 Å². The summed E-state index contributed by atoms with van der Waals surface area (Å²) in [5.41, 5.74) is 6.53. The minimum atomic E-state index is 0.0937. The van der Waals surface area contributed by atoms with E-state index in [9.17, 15) is 9.59 Å². The fourth-order valence-electron chi connectivity index (χ4n) is 3.87. The van der Waals surface area contributed by atoms with Crippen molar-refractivity contribution in [2.24, 2.45) is 23.0 Å². The van der Waals surface area contributed by atoms with Gasteiger partial charge in [-0.05, 0) is 23.7 Å². The monoisotopic (exact) mass is 298 g/mol. The molecule has 1 saturated heterocycles. The molecule has 1 aliphatic heterocycles. The Morgan fingerprint density at radius 3 is 2.65 bits per heavy atom. The van der Waals surface area contributed by atoms with Crippen molar-refractivity contribution in [2.75, 3.05) is 13.1 Å². The molecule has 2 aliphatic rings.